The Kier molecular flexibility index (Phi) is 4.04. The van der Waals surface area contributed by atoms with Gasteiger partial charge in [-0.05, 0) is 30.2 Å². The van der Waals surface area contributed by atoms with Crippen molar-refractivity contribution in [2.24, 2.45) is 0 Å². The zero-order chi connectivity index (χ0) is 15.5. The number of pyridine rings is 2. The van der Waals surface area contributed by atoms with Crippen molar-refractivity contribution < 1.29 is 0 Å². The van der Waals surface area contributed by atoms with Gasteiger partial charge in [0.25, 0.3) is 0 Å². The van der Waals surface area contributed by atoms with Crippen LogP contribution in [0.1, 0.15) is 19.8 Å². The fourth-order valence-corrected chi connectivity index (χ4v) is 2.54. The van der Waals surface area contributed by atoms with Crippen LogP contribution in [0.2, 0.25) is 0 Å². The van der Waals surface area contributed by atoms with Gasteiger partial charge in [-0.15, -0.1) is 0 Å². The Hall–Kier alpha value is -2.43. The Morgan fingerprint density at radius 1 is 1.14 bits per heavy atom. The lowest BCUT2D eigenvalue weighted by Crippen LogP contribution is -2.10. The molecule has 0 aliphatic rings. The van der Waals surface area contributed by atoms with E-state index in [-0.39, 0.29) is 0 Å². The normalized spacial score (nSPS) is 11.0. The number of nitrogens with zero attached hydrogens (tertiary/aromatic N) is 5. The number of aryl methyl sites for hydroxylation is 1. The number of anilines is 1. The molecule has 3 aromatic rings. The Labute approximate surface area is 130 Å². The second kappa shape index (κ2) is 6.13. The van der Waals surface area contributed by atoms with Crippen LogP contribution in [-0.2, 0) is 6.54 Å². The smallest absolute Gasteiger partial charge is 0.160 e. The zero-order valence-corrected chi connectivity index (χ0v) is 13.3. The number of aromatic nitrogens is 4. The van der Waals surface area contributed by atoms with Crippen LogP contribution >= 0.6 is 0 Å². The molecular formula is C17H21N5. The van der Waals surface area contributed by atoms with E-state index in [4.69, 9.17) is 5.10 Å². The van der Waals surface area contributed by atoms with Crippen molar-refractivity contribution in [1.82, 2.24) is 19.7 Å². The predicted molar refractivity (Wildman–Crippen MR) is 90.0 cm³/mol. The molecule has 0 fully saturated rings. The largest absolute Gasteiger partial charge is 0.361 e. The summed E-state index contributed by atoms with van der Waals surface area (Å²) >= 11 is 0. The first-order valence-corrected chi connectivity index (χ1v) is 7.65. The Morgan fingerprint density at radius 2 is 1.91 bits per heavy atom. The number of fused-ring (bicyclic) bond motifs is 1. The average Bonchev–Trinajstić information content (AvgIpc) is 2.92. The Morgan fingerprint density at radius 3 is 2.59 bits per heavy atom. The van der Waals surface area contributed by atoms with Crippen molar-refractivity contribution in [2.45, 2.75) is 26.3 Å². The highest BCUT2D eigenvalue weighted by Crippen LogP contribution is 2.28. The van der Waals surface area contributed by atoms with Gasteiger partial charge < -0.3 is 4.90 Å². The van der Waals surface area contributed by atoms with Crippen LogP contribution in [-0.4, -0.2) is 33.8 Å². The molecule has 0 aromatic carbocycles. The molecule has 0 radical (unpaired) electrons. The summed E-state index contributed by atoms with van der Waals surface area (Å²) in [4.78, 5) is 10.8. The molecule has 0 spiro atoms. The maximum Gasteiger partial charge on any atom is 0.160 e. The Balaban J connectivity index is 2.12. The first-order chi connectivity index (χ1) is 10.7. The van der Waals surface area contributed by atoms with Gasteiger partial charge in [0.2, 0.25) is 0 Å². The van der Waals surface area contributed by atoms with Crippen LogP contribution in [0.25, 0.3) is 22.2 Å². The van der Waals surface area contributed by atoms with E-state index in [1.54, 1.807) is 12.4 Å². The molecule has 0 aliphatic heterocycles. The van der Waals surface area contributed by atoms with Crippen molar-refractivity contribution in [1.29, 1.82) is 0 Å². The molecule has 3 aromatic heterocycles. The molecule has 0 atom stereocenters. The molecular weight excluding hydrogens is 274 g/mol. The van der Waals surface area contributed by atoms with E-state index in [1.165, 1.54) is 0 Å². The van der Waals surface area contributed by atoms with Crippen LogP contribution in [0.3, 0.4) is 0 Å². The molecule has 0 saturated carbocycles. The average molecular weight is 295 g/mol. The predicted octanol–water partition coefficient (Wildman–Crippen LogP) is 3.36. The summed E-state index contributed by atoms with van der Waals surface area (Å²) in [5.74, 6) is 0.967. The molecule has 3 rings (SSSR count). The van der Waals surface area contributed by atoms with Crippen molar-refractivity contribution in [3.8, 4) is 11.1 Å². The van der Waals surface area contributed by atoms with Crippen LogP contribution < -0.4 is 4.90 Å². The number of hydrogen-bond acceptors (Lipinski definition) is 4. The molecule has 0 aliphatic carbocycles. The highest BCUT2D eigenvalue weighted by molar-refractivity contribution is 5.91. The van der Waals surface area contributed by atoms with Gasteiger partial charge in [0.1, 0.15) is 0 Å². The molecule has 5 heteroatoms. The zero-order valence-electron chi connectivity index (χ0n) is 13.3. The molecule has 0 unspecified atom stereocenters. The SMILES string of the molecule is CCCCn1nc(N(C)C)c2cc(-c3ccncc3)cnc21. The third kappa shape index (κ3) is 2.66. The molecule has 0 saturated heterocycles. The first-order valence-electron chi connectivity index (χ1n) is 7.65. The number of unbranched alkanes of at least 4 members (excludes halogenated alkanes) is 1. The standard InChI is InChI=1S/C17H21N5/c1-4-5-10-22-16-15(17(20-22)21(2)3)11-14(12-19-16)13-6-8-18-9-7-13/h6-9,11-12H,4-5,10H2,1-3H3. The van der Waals surface area contributed by atoms with Gasteiger partial charge in [-0.2, -0.15) is 5.10 Å². The number of rotatable bonds is 5. The summed E-state index contributed by atoms with van der Waals surface area (Å²) in [5.41, 5.74) is 3.17. The van der Waals surface area contributed by atoms with E-state index in [0.29, 0.717) is 0 Å². The van der Waals surface area contributed by atoms with Gasteiger partial charge in [-0.1, -0.05) is 13.3 Å². The van der Waals surface area contributed by atoms with Gasteiger partial charge >= 0.3 is 0 Å². The third-order valence-electron chi connectivity index (χ3n) is 3.73. The van der Waals surface area contributed by atoms with Crippen LogP contribution in [0.4, 0.5) is 5.82 Å². The molecule has 0 N–H and O–H groups in total. The van der Waals surface area contributed by atoms with Crippen molar-refractivity contribution >= 4 is 16.9 Å². The fourth-order valence-electron chi connectivity index (χ4n) is 2.54. The quantitative estimate of drug-likeness (QED) is 0.724. The van der Waals surface area contributed by atoms with Gasteiger partial charge in [0, 0.05) is 44.8 Å². The van der Waals surface area contributed by atoms with Crippen molar-refractivity contribution in [2.75, 3.05) is 19.0 Å². The second-order valence-corrected chi connectivity index (χ2v) is 5.63. The van der Waals surface area contributed by atoms with E-state index >= 15 is 0 Å². The summed E-state index contributed by atoms with van der Waals surface area (Å²) in [6.07, 6.45) is 7.78. The maximum atomic E-state index is 4.73. The lowest BCUT2D eigenvalue weighted by Gasteiger charge is -2.08. The minimum absolute atomic E-state index is 0.905. The highest BCUT2D eigenvalue weighted by Gasteiger charge is 2.14. The summed E-state index contributed by atoms with van der Waals surface area (Å²) in [5, 5.41) is 5.82. The maximum absolute atomic E-state index is 4.73. The van der Waals surface area contributed by atoms with Gasteiger partial charge in [0.05, 0.1) is 5.39 Å². The van der Waals surface area contributed by atoms with E-state index in [2.05, 4.69) is 23.0 Å². The topological polar surface area (TPSA) is 46.8 Å². The van der Waals surface area contributed by atoms with Gasteiger partial charge in [0.15, 0.2) is 11.5 Å². The van der Waals surface area contributed by atoms with Crippen molar-refractivity contribution in [3.05, 3.63) is 36.8 Å². The second-order valence-electron chi connectivity index (χ2n) is 5.63. The fraction of sp³-hybridized carbons (Fsp3) is 0.353. The molecule has 114 valence electrons. The lowest BCUT2D eigenvalue weighted by molar-refractivity contribution is 0.584. The van der Waals surface area contributed by atoms with Gasteiger partial charge in [-0.3, -0.25) is 4.98 Å². The Bertz CT molecular complexity index is 761. The summed E-state index contributed by atoms with van der Waals surface area (Å²) in [7, 11) is 4.04. The first kappa shape index (κ1) is 14.5. The molecule has 3 heterocycles. The lowest BCUT2D eigenvalue weighted by atomic mass is 10.1. The third-order valence-corrected chi connectivity index (χ3v) is 3.73. The molecule has 5 nitrogen and oxygen atoms in total. The van der Waals surface area contributed by atoms with E-state index in [0.717, 1.165) is 47.4 Å². The number of hydrogen-bond donors (Lipinski definition) is 0. The van der Waals surface area contributed by atoms with Crippen LogP contribution in [0.5, 0.6) is 0 Å². The van der Waals surface area contributed by atoms with E-state index < -0.39 is 0 Å². The van der Waals surface area contributed by atoms with Crippen LogP contribution in [0.15, 0.2) is 36.8 Å². The summed E-state index contributed by atoms with van der Waals surface area (Å²) in [6, 6.07) is 6.17. The van der Waals surface area contributed by atoms with Gasteiger partial charge in [-0.25, -0.2) is 9.67 Å². The summed E-state index contributed by atoms with van der Waals surface area (Å²) in [6.45, 7) is 3.09. The molecule has 0 bridgehead atoms. The summed E-state index contributed by atoms with van der Waals surface area (Å²) < 4.78 is 2.02. The monoisotopic (exact) mass is 295 g/mol. The minimum Gasteiger partial charge on any atom is -0.361 e. The van der Waals surface area contributed by atoms with Crippen LogP contribution in [0, 0.1) is 0 Å². The minimum atomic E-state index is 0.905. The molecule has 22 heavy (non-hydrogen) atoms. The molecule has 0 amide bonds. The van der Waals surface area contributed by atoms with Crippen molar-refractivity contribution in [3.63, 3.8) is 0 Å². The highest BCUT2D eigenvalue weighted by atomic mass is 15.4. The van der Waals surface area contributed by atoms with E-state index in [9.17, 15) is 0 Å². The van der Waals surface area contributed by atoms with E-state index in [1.807, 2.05) is 42.0 Å².